The lowest BCUT2D eigenvalue weighted by Crippen LogP contribution is -2.40. The van der Waals surface area contributed by atoms with Crippen LogP contribution >= 0.6 is 0 Å². The van der Waals surface area contributed by atoms with E-state index in [1.165, 1.54) is 6.07 Å². The first-order valence-electron chi connectivity index (χ1n) is 6.83. The number of carbonyl (C=O) groups is 1. The summed E-state index contributed by atoms with van der Waals surface area (Å²) in [5.74, 6) is -0.185. The number of amides is 1. The summed E-state index contributed by atoms with van der Waals surface area (Å²) in [5, 5.41) is 2.88. The quantitative estimate of drug-likeness (QED) is 0.855. The Balaban J connectivity index is 1.97. The van der Waals surface area contributed by atoms with Crippen molar-refractivity contribution in [2.24, 2.45) is 0 Å². The molecule has 3 nitrogen and oxygen atoms in total. The molecule has 2 rings (SSSR count). The van der Waals surface area contributed by atoms with Crippen molar-refractivity contribution in [1.29, 1.82) is 0 Å². The maximum atomic E-state index is 13.7. The number of rotatable bonds is 6. The zero-order chi connectivity index (χ0) is 13.8. The lowest BCUT2D eigenvalue weighted by molar-refractivity contribution is -0.123. The molecule has 1 N–H and O–H groups in total. The van der Waals surface area contributed by atoms with Crippen molar-refractivity contribution in [3.05, 3.63) is 35.6 Å². The lowest BCUT2D eigenvalue weighted by Gasteiger charge is -2.22. The SMILES string of the molecule is CC(C)NC(=O)CN(Cc1ccccc1F)C1CC1. The van der Waals surface area contributed by atoms with Gasteiger partial charge in [0.05, 0.1) is 6.54 Å². The summed E-state index contributed by atoms with van der Waals surface area (Å²) in [6, 6.07) is 7.34. The van der Waals surface area contributed by atoms with E-state index in [9.17, 15) is 9.18 Å². The normalized spacial score (nSPS) is 15.0. The summed E-state index contributed by atoms with van der Waals surface area (Å²) < 4.78 is 13.7. The fraction of sp³-hybridized carbons (Fsp3) is 0.533. The molecule has 0 unspecified atom stereocenters. The number of hydrogen-bond donors (Lipinski definition) is 1. The average Bonchev–Trinajstić information content (AvgIpc) is 3.14. The Hall–Kier alpha value is -1.42. The van der Waals surface area contributed by atoms with E-state index in [4.69, 9.17) is 0 Å². The van der Waals surface area contributed by atoms with Crippen molar-refractivity contribution < 1.29 is 9.18 Å². The second kappa shape index (κ2) is 6.15. The van der Waals surface area contributed by atoms with E-state index in [1.54, 1.807) is 12.1 Å². The van der Waals surface area contributed by atoms with Crippen LogP contribution in [0.25, 0.3) is 0 Å². The molecular formula is C15H21FN2O. The van der Waals surface area contributed by atoms with Crippen LogP contribution in [0.1, 0.15) is 32.3 Å². The fourth-order valence-electron chi connectivity index (χ4n) is 2.15. The number of nitrogens with zero attached hydrogens (tertiary/aromatic N) is 1. The predicted molar refractivity (Wildman–Crippen MR) is 73.1 cm³/mol. The van der Waals surface area contributed by atoms with E-state index < -0.39 is 0 Å². The number of hydrogen-bond acceptors (Lipinski definition) is 2. The van der Waals surface area contributed by atoms with Gasteiger partial charge < -0.3 is 5.32 Å². The van der Waals surface area contributed by atoms with Crippen LogP contribution in [0.3, 0.4) is 0 Å². The first-order valence-corrected chi connectivity index (χ1v) is 6.83. The summed E-state index contributed by atoms with van der Waals surface area (Å²) in [4.78, 5) is 13.9. The highest BCUT2D eigenvalue weighted by Gasteiger charge is 2.30. The van der Waals surface area contributed by atoms with Crippen molar-refractivity contribution >= 4 is 5.91 Å². The zero-order valence-electron chi connectivity index (χ0n) is 11.5. The van der Waals surface area contributed by atoms with E-state index in [-0.39, 0.29) is 17.8 Å². The maximum absolute atomic E-state index is 13.7. The van der Waals surface area contributed by atoms with Crippen LogP contribution in [0.5, 0.6) is 0 Å². The minimum Gasteiger partial charge on any atom is -0.353 e. The molecular weight excluding hydrogens is 243 g/mol. The Kier molecular flexibility index (Phi) is 4.53. The van der Waals surface area contributed by atoms with Gasteiger partial charge in [-0.2, -0.15) is 0 Å². The van der Waals surface area contributed by atoms with Crippen molar-refractivity contribution in [2.45, 2.75) is 45.3 Å². The Labute approximate surface area is 113 Å². The van der Waals surface area contributed by atoms with Gasteiger partial charge in [0.25, 0.3) is 0 Å². The van der Waals surface area contributed by atoms with Crippen LogP contribution in [-0.4, -0.2) is 29.4 Å². The van der Waals surface area contributed by atoms with Crippen LogP contribution in [-0.2, 0) is 11.3 Å². The Morgan fingerprint density at radius 3 is 2.68 bits per heavy atom. The van der Waals surface area contributed by atoms with E-state index in [2.05, 4.69) is 10.2 Å². The zero-order valence-corrected chi connectivity index (χ0v) is 11.5. The van der Waals surface area contributed by atoms with E-state index >= 15 is 0 Å². The van der Waals surface area contributed by atoms with Crippen molar-refractivity contribution in [2.75, 3.05) is 6.54 Å². The lowest BCUT2D eigenvalue weighted by atomic mass is 10.2. The monoisotopic (exact) mass is 264 g/mol. The van der Waals surface area contributed by atoms with Crippen molar-refractivity contribution in [3.63, 3.8) is 0 Å². The standard InChI is InChI=1S/C15H21FN2O/c1-11(2)17-15(19)10-18(13-7-8-13)9-12-5-3-4-6-14(12)16/h3-6,11,13H,7-10H2,1-2H3,(H,17,19). The minimum absolute atomic E-state index is 0.0123. The Morgan fingerprint density at radius 2 is 2.11 bits per heavy atom. The molecule has 1 aromatic carbocycles. The Morgan fingerprint density at radius 1 is 1.42 bits per heavy atom. The number of halogens is 1. The predicted octanol–water partition coefficient (Wildman–Crippen LogP) is 2.31. The summed E-state index contributed by atoms with van der Waals surface area (Å²) in [5.41, 5.74) is 0.659. The molecule has 0 radical (unpaired) electrons. The van der Waals surface area contributed by atoms with Gasteiger partial charge in [-0.25, -0.2) is 4.39 Å². The molecule has 104 valence electrons. The second-order valence-electron chi connectivity index (χ2n) is 5.45. The third-order valence-corrected chi connectivity index (χ3v) is 3.19. The molecule has 1 aliphatic rings. The molecule has 1 aliphatic carbocycles. The van der Waals surface area contributed by atoms with Crippen LogP contribution in [0.15, 0.2) is 24.3 Å². The molecule has 0 saturated heterocycles. The summed E-state index contributed by atoms with van der Waals surface area (Å²) in [6.45, 7) is 4.73. The van der Waals surface area contributed by atoms with Gasteiger partial charge in [-0.3, -0.25) is 9.69 Å². The van der Waals surface area contributed by atoms with E-state index in [0.29, 0.717) is 24.7 Å². The number of benzene rings is 1. The summed E-state index contributed by atoms with van der Waals surface area (Å²) in [6.07, 6.45) is 2.20. The second-order valence-corrected chi connectivity index (χ2v) is 5.45. The molecule has 1 aromatic rings. The third kappa shape index (κ3) is 4.31. The molecule has 0 heterocycles. The van der Waals surface area contributed by atoms with Crippen molar-refractivity contribution in [3.8, 4) is 0 Å². The topological polar surface area (TPSA) is 32.3 Å². The van der Waals surface area contributed by atoms with Crippen LogP contribution in [0.4, 0.5) is 4.39 Å². The van der Waals surface area contributed by atoms with Gasteiger partial charge in [0.15, 0.2) is 0 Å². The summed E-state index contributed by atoms with van der Waals surface area (Å²) >= 11 is 0. The average molecular weight is 264 g/mol. The van der Waals surface area contributed by atoms with Crippen LogP contribution in [0, 0.1) is 5.82 Å². The van der Waals surface area contributed by atoms with Gasteiger partial charge in [0.1, 0.15) is 5.82 Å². The molecule has 4 heteroatoms. The minimum atomic E-state index is -0.197. The molecule has 0 atom stereocenters. The highest BCUT2D eigenvalue weighted by atomic mass is 19.1. The number of nitrogens with one attached hydrogen (secondary N) is 1. The molecule has 1 saturated carbocycles. The smallest absolute Gasteiger partial charge is 0.234 e. The van der Waals surface area contributed by atoms with Gasteiger partial charge >= 0.3 is 0 Å². The van der Waals surface area contributed by atoms with Gasteiger partial charge in [0, 0.05) is 24.2 Å². The first-order chi connectivity index (χ1) is 9.06. The highest BCUT2D eigenvalue weighted by Crippen LogP contribution is 2.28. The van der Waals surface area contributed by atoms with Gasteiger partial charge in [-0.1, -0.05) is 18.2 Å². The van der Waals surface area contributed by atoms with Gasteiger partial charge in [-0.15, -0.1) is 0 Å². The molecule has 0 aromatic heterocycles. The molecule has 0 spiro atoms. The third-order valence-electron chi connectivity index (χ3n) is 3.19. The Bertz CT molecular complexity index is 444. The maximum Gasteiger partial charge on any atom is 0.234 e. The molecule has 0 aliphatic heterocycles. The first kappa shape index (κ1) is 14.0. The largest absolute Gasteiger partial charge is 0.353 e. The van der Waals surface area contributed by atoms with Crippen LogP contribution < -0.4 is 5.32 Å². The van der Waals surface area contributed by atoms with Gasteiger partial charge in [0.2, 0.25) is 5.91 Å². The van der Waals surface area contributed by atoms with Crippen molar-refractivity contribution in [1.82, 2.24) is 10.2 Å². The molecule has 0 bridgehead atoms. The van der Waals surface area contributed by atoms with E-state index in [0.717, 1.165) is 12.8 Å². The molecule has 1 amide bonds. The number of carbonyl (C=O) groups excluding carboxylic acids is 1. The van der Waals surface area contributed by atoms with Crippen LogP contribution in [0.2, 0.25) is 0 Å². The van der Waals surface area contributed by atoms with E-state index in [1.807, 2.05) is 19.9 Å². The molecule has 19 heavy (non-hydrogen) atoms. The fourth-order valence-corrected chi connectivity index (χ4v) is 2.15. The highest BCUT2D eigenvalue weighted by molar-refractivity contribution is 5.78. The summed E-state index contributed by atoms with van der Waals surface area (Å²) in [7, 11) is 0. The molecule has 1 fully saturated rings. The van der Waals surface area contributed by atoms with Gasteiger partial charge in [-0.05, 0) is 32.8 Å².